The molecule has 1 aromatic heterocycles. The average Bonchev–Trinajstić information content (AvgIpc) is 3.06. The van der Waals surface area contributed by atoms with Crippen LogP contribution >= 0.6 is 0 Å². The van der Waals surface area contributed by atoms with E-state index in [4.69, 9.17) is 0 Å². The third kappa shape index (κ3) is 3.97. The highest BCUT2D eigenvalue weighted by molar-refractivity contribution is 5.82. The molecule has 2 heterocycles. The molecule has 0 amide bonds. The summed E-state index contributed by atoms with van der Waals surface area (Å²) in [7, 11) is 0. The summed E-state index contributed by atoms with van der Waals surface area (Å²) in [5.41, 5.74) is 7.11. The first kappa shape index (κ1) is 17.6. The van der Waals surface area contributed by atoms with Crippen LogP contribution in [-0.2, 0) is 0 Å². The van der Waals surface area contributed by atoms with E-state index in [0.29, 0.717) is 0 Å². The maximum Gasteiger partial charge on any atom is 0.0631 e. The van der Waals surface area contributed by atoms with Gasteiger partial charge in [-0.15, -0.1) is 0 Å². The molecule has 0 unspecified atom stereocenters. The number of nitrogens with zero attached hydrogens (tertiary/aromatic N) is 3. The van der Waals surface area contributed by atoms with E-state index in [1.165, 1.54) is 55.1 Å². The van der Waals surface area contributed by atoms with Crippen LogP contribution < -0.4 is 4.90 Å². The Morgan fingerprint density at radius 3 is 1.93 bits per heavy atom. The van der Waals surface area contributed by atoms with E-state index in [0.717, 1.165) is 11.3 Å². The lowest BCUT2D eigenvalue weighted by molar-refractivity contribution is 0.578. The van der Waals surface area contributed by atoms with Crippen LogP contribution in [0, 0.1) is 13.8 Å². The van der Waals surface area contributed by atoms with E-state index in [-0.39, 0.29) is 0 Å². The van der Waals surface area contributed by atoms with Crippen LogP contribution in [0.15, 0.2) is 65.7 Å². The maximum atomic E-state index is 4.64. The highest BCUT2D eigenvalue weighted by atomic mass is 15.1. The molecule has 0 atom stereocenters. The molecule has 27 heavy (non-hydrogen) atoms. The molecule has 0 N–H and O–H groups in total. The summed E-state index contributed by atoms with van der Waals surface area (Å²) in [6.45, 7) is 6.62. The second-order valence-electron chi connectivity index (χ2n) is 7.37. The zero-order valence-electron chi connectivity index (χ0n) is 16.2. The predicted octanol–water partition coefficient (Wildman–Crippen LogP) is 5.84. The minimum Gasteiger partial charge on any atom is -0.372 e. The zero-order valence-corrected chi connectivity index (χ0v) is 16.2. The molecule has 1 aliphatic heterocycles. The summed E-state index contributed by atoms with van der Waals surface area (Å²) in [5, 5.41) is 0. The van der Waals surface area contributed by atoms with Crippen LogP contribution in [-0.4, -0.2) is 23.9 Å². The molecule has 0 bridgehead atoms. The Balaban J connectivity index is 1.45. The van der Waals surface area contributed by atoms with Crippen LogP contribution in [0.25, 0.3) is 5.69 Å². The summed E-state index contributed by atoms with van der Waals surface area (Å²) in [6, 6.07) is 21.5. The lowest BCUT2D eigenvalue weighted by Crippen LogP contribution is -2.29. The van der Waals surface area contributed by atoms with Crippen molar-refractivity contribution in [3.8, 4) is 5.69 Å². The molecule has 4 rings (SSSR count). The van der Waals surface area contributed by atoms with E-state index in [1.54, 1.807) is 0 Å². The Labute approximate surface area is 162 Å². The van der Waals surface area contributed by atoms with Crippen LogP contribution in [0.4, 0.5) is 11.4 Å². The van der Waals surface area contributed by atoms with Crippen molar-refractivity contribution in [1.29, 1.82) is 0 Å². The lowest BCUT2D eigenvalue weighted by Gasteiger charge is -2.28. The van der Waals surface area contributed by atoms with Crippen molar-refractivity contribution >= 4 is 17.6 Å². The molecule has 3 nitrogen and oxygen atoms in total. The van der Waals surface area contributed by atoms with Gasteiger partial charge in [-0.2, -0.15) is 0 Å². The van der Waals surface area contributed by atoms with E-state index < -0.39 is 0 Å². The van der Waals surface area contributed by atoms with Crippen molar-refractivity contribution < 1.29 is 0 Å². The highest BCUT2D eigenvalue weighted by Gasteiger charge is 2.10. The van der Waals surface area contributed by atoms with Crippen LogP contribution in [0.2, 0.25) is 0 Å². The molecule has 0 spiro atoms. The minimum atomic E-state index is 0.973. The molecule has 0 radical (unpaired) electrons. The van der Waals surface area contributed by atoms with Gasteiger partial charge in [-0.25, -0.2) is 0 Å². The van der Waals surface area contributed by atoms with Gasteiger partial charge in [-0.3, -0.25) is 4.99 Å². The summed E-state index contributed by atoms with van der Waals surface area (Å²) >= 11 is 0. The predicted molar refractivity (Wildman–Crippen MR) is 115 cm³/mol. The second kappa shape index (κ2) is 7.83. The van der Waals surface area contributed by atoms with Crippen LogP contribution in [0.3, 0.4) is 0 Å². The number of rotatable bonds is 4. The number of hydrogen-bond acceptors (Lipinski definition) is 2. The fourth-order valence-corrected chi connectivity index (χ4v) is 3.84. The topological polar surface area (TPSA) is 20.5 Å². The van der Waals surface area contributed by atoms with E-state index >= 15 is 0 Å². The Kier molecular flexibility index (Phi) is 5.10. The van der Waals surface area contributed by atoms with Crippen molar-refractivity contribution in [1.82, 2.24) is 4.57 Å². The standard InChI is InChI=1S/C24H27N3/c1-19-6-7-20(2)27(19)24-14-10-22(11-15-24)25-18-21-8-12-23(13-9-21)26-16-4-3-5-17-26/h6-15,18H,3-5,16-17H2,1-2H3. The summed E-state index contributed by atoms with van der Waals surface area (Å²) < 4.78 is 2.26. The molecular formula is C24H27N3. The van der Waals surface area contributed by atoms with Crippen molar-refractivity contribution in [2.75, 3.05) is 18.0 Å². The minimum absolute atomic E-state index is 0.973. The van der Waals surface area contributed by atoms with Crippen LogP contribution in [0.5, 0.6) is 0 Å². The summed E-state index contributed by atoms with van der Waals surface area (Å²) in [5.74, 6) is 0. The highest BCUT2D eigenvalue weighted by Crippen LogP contribution is 2.22. The molecule has 1 aliphatic rings. The normalized spacial score (nSPS) is 14.8. The Morgan fingerprint density at radius 1 is 0.704 bits per heavy atom. The molecule has 2 aromatic carbocycles. The first-order chi connectivity index (χ1) is 13.2. The van der Waals surface area contributed by atoms with Gasteiger partial charge in [0.1, 0.15) is 0 Å². The molecule has 1 saturated heterocycles. The molecule has 3 heteroatoms. The molecule has 0 aliphatic carbocycles. The van der Waals surface area contributed by atoms with Gasteiger partial charge >= 0.3 is 0 Å². The third-order valence-electron chi connectivity index (χ3n) is 5.36. The smallest absolute Gasteiger partial charge is 0.0631 e. The fraction of sp³-hybridized carbons (Fsp3) is 0.292. The van der Waals surface area contributed by atoms with Gasteiger partial charge in [0.15, 0.2) is 0 Å². The Bertz CT molecular complexity index is 892. The van der Waals surface area contributed by atoms with Gasteiger partial charge in [0.05, 0.1) is 5.69 Å². The molecule has 1 fully saturated rings. The largest absolute Gasteiger partial charge is 0.372 e. The second-order valence-corrected chi connectivity index (χ2v) is 7.37. The fourth-order valence-electron chi connectivity index (χ4n) is 3.84. The maximum absolute atomic E-state index is 4.64. The third-order valence-corrected chi connectivity index (χ3v) is 5.36. The van der Waals surface area contributed by atoms with Crippen molar-refractivity contribution in [2.45, 2.75) is 33.1 Å². The molecular weight excluding hydrogens is 330 g/mol. The lowest BCUT2D eigenvalue weighted by atomic mass is 10.1. The monoisotopic (exact) mass is 357 g/mol. The van der Waals surface area contributed by atoms with Gasteiger partial charge in [0.25, 0.3) is 0 Å². The first-order valence-corrected chi connectivity index (χ1v) is 9.85. The number of hydrogen-bond donors (Lipinski definition) is 0. The average molecular weight is 358 g/mol. The van der Waals surface area contributed by atoms with Crippen LogP contribution in [0.1, 0.15) is 36.2 Å². The SMILES string of the molecule is Cc1ccc(C)n1-c1ccc(N=Cc2ccc(N3CCCCC3)cc2)cc1. The van der Waals surface area contributed by atoms with Gasteiger partial charge in [0.2, 0.25) is 0 Å². The van der Waals surface area contributed by atoms with Gasteiger partial charge in [-0.1, -0.05) is 12.1 Å². The summed E-state index contributed by atoms with van der Waals surface area (Å²) in [4.78, 5) is 7.12. The van der Waals surface area contributed by atoms with E-state index in [1.807, 2.05) is 6.21 Å². The first-order valence-electron chi connectivity index (χ1n) is 9.85. The Morgan fingerprint density at radius 2 is 1.30 bits per heavy atom. The Hall–Kier alpha value is -2.81. The van der Waals surface area contributed by atoms with Gasteiger partial charge in [-0.05, 0) is 87.2 Å². The van der Waals surface area contributed by atoms with Crippen molar-refractivity contribution in [2.24, 2.45) is 4.99 Å². The van der Waals surface area contributed by atoms with Crippen molar-refractivity contribution in [3.63, 3.8) is 0 Å². The van der Waals surface area contributed by atoms with Gasteiger partial charge < -0.3 is 9.47 Å². The zero-order chi connectivity index (χ0) is 18.6. The number of aromatic nitrogens is 1. The van der Waals surface area contributed by atoms with Gasteiger partial charge in [0, 0.05) is 42.1 Å². The molecule has 0 saturated carbocycles. The number of aryl methyl sites for hydroxylation is 2. The molecule has 138 valence electrons. The summed E-state index contributed by atoms with van der Waals surface area (Å²) in [6.07, 6.45) is 5.92. The van der Waals surface area contributed by atoms with Crippen molar-refractivity contribution in [3.05, 3.63) is 77.6 Å². The number of anilines is 1. The molecule has 3 aromatic rings. The van der Waals surface area contributed by atoms with E-state index in [9.17, 15) is 0 Å². The number of piperidine rings is 1. The van der Waals surface area contributed by atoms with E-state index in [2.05, 4.69) is 89.0 Å². The number of aliphatic imine (C=N–C) groups is 1. The number of benzene rings is 2. The quantitative estimate of drug-likeness (QED) is 0.538.